The number of carbonyl (C=O) groups excluding carboxylic acids is 2. The average molecular weight is 473 g/mol. The molecule has 186 valence electrons. The van der Waals surface area contributed by atoms with Crippen LogP contribution in [0.15, 0.2) is 23.3 Å². The zero-order valence-electron chi connectivity index (χ0n) is 20.4. The van der Waals surface area contributed by atoms with Crippen molar-refractivity contribution in [3.8, 4) is 0 Å². The summed E-state index contributed by atoms with van der Waals surface area (Å²) in [5.41, 5.74) is -1.14. The average Bonchev–Trinajstić information content (AvgIpc) is 3.38. The highest BCUT2D eigenvalue weighted by atomic mass is 16.6. The molecule has 1 spiro atoms. The van der Waals surface area contributed by atoms with Crippen LogP contribution < -0.4 is 0 Å². The number of aliphatic hydroxyl groups excluding tert-OH is 2. The zero-order chi connectivity index (χ0) is 24.4. The van der Waals surface area contributed by atoms with Gasteiger partial charge in [0.25, 0.3) is 0 Å². The van der Waals surface area contributed by atoms with Gasteiger partial charge in [-0.25, -0.2) is 4.79 Å². The molecule has 6 aliphatic rings. The summed E-state index contributed by atoms with van der Waals surface area (Å²) in [5.74, 6) is -0.812. The number of esters is 1. The minimum absolute atomic E-state index is 0.00778. The van der Waals surface area contributed by atoms with Crippen molar-refractivity contribution < 1.29 is 34.4 Å². The molecule has 4 fully saturated rings. The fraction of sp³-hybridized carbons (Fsp3) is 0.778. The Kier molecular flexibility index (Phi) is 4.73. The third-order valence-electron chi connectivity index (χ3n) is 11.0. The molecule has 4 aliphatic carbocycles. The van der Waals surface area contributed by atoms with Gasteiger partial charge in [0.05, 0.1) is 18.1 Å². The first-order chi connectivity index (χ1) is 15.9. The van der Waals surface area contributed by atoms with E-state index >= 15 is 0 Å². The number of epoxide rings is 1. The molecule has 2 aliphatic heterocycles. The zero-order valence-corrected chi connectivity index (χ0v) is 20.4. The molecule has 6 rings (SSSR count). The third-order valence-corrected chi connectivity index (χ3v) is 11.0. The van der Waals surface area contributed by atoms with E-state index in [0.717, 1.165) is 24.8 Å². The van der Waals surface area contributed by atoms with Gasteiger partial charge < -0.3 is 24.8 Å². The van der Waals surface area contributed by atoms with Gasteiger partial charge in [-0.3, -0.25) is 4.79 Å². The molecule has 3 N–H and O–H groups in total. The van der Waals surface area contributed by atoms with Gasteiger partial charge in [0, 0.05) is 17.4 Å². The van der Waals surface area contributed by atoms with E-state index in [1.807, 2.05) is 6.92 Å². The summed E-state index contributed by atoms with van der Waals surface area (Å²) < 4.78 is 11.8. The number of hydrogen-bond acceptors (Lipinski definition) is 7. The van der Waals surface area contributed by atoms with Crippen molar-refractivity contribution in [3.05, 3.63) is 23.3 Å². The number of rotatable bonds is 2. The molecule has 1 saturated heterocycles. The van der Waals surface area contributed by atoms with Crippen LogP contribution in [0.5, 0.6) is 0 Å². The molecule has 0 amide bonds. The number of ketones is 1. The fourth-order valence-electron chi connectivity index (χ4n) is 9.04. The Morgan fingerprint density at radius 3 is 2.56 bits per heavy atom. The molecule has 34 heavy (non-hydrogen) atoms. The predicted octanol–water partition coefficient (Wildman–Crippen LogP) is 2.08. The van der Waals surface area contributed by atoms with Crippen LogP contribution in [0.4, 0.5) is 0 Å². The van der Waals surface area contributed by atoms with E-state index in [2.05, 4.69) is 6.92 Å². The lowest BCUT2D eigenvalue weighted by Crippen LogP contribution is -2.63. The Bertz CT molecular complexity index is 1010. The topological polar surface area (TPSA) is 117 Å². The van der Waals surface area contributed by atoms with Gasteiger partial charge in [-0.2, -0.15) is 0 Å². The van der Waals surface area contributed by atoms with Crippen LogP contribution in [-0.2, 0) is 19.1 Å². The van der Waals surface area contributed by atoms with Gasteiger partial charge in [0.15, 0.2) is 5.78 Å². The lowest BCUT2D eigenvalue weighted by atomic mass is 9.47. The lowest BCUT2D eigenvalue weighted by molar-refractivity contribution is -0.199. The van der Waals surface area contributed by atoms with Crippen molar-refractivity contribution in [1.82, 2.24) is 0 Å². The third kappa shape index (κ3) is 2.67. The molecular formula is C27H36O7. The van der Waals surface area contributed by atoms with Crippen LogP contribution in [0, 0.1) is 35.0 Å². The largest absolute Gasteiger partial charge is 0.456 e. The number of allylic oxidation sites excluding steroid dienone is 1. The lowest BCUT2D eigenvalue weighted by Gasteiger charge is -2.57. The van der Waals surface area contributed by atoms with E-state index in [1.165, 1.54) is 6.08 Å². The van der Waals surface area contributed by atoms with Gasteiger partial charge in [-0.05, 0) is 82.3 Å². The van der Waals surface area contributed by atoms with E-state index in [4.69, 9.17) is 9.47 Å². The van der Waals surface area contributed by atoms with Crippen molar-refractivity contribution in [2.45, 2.75) is 95.4 Å². The van der Waals surface area contributed by atoms with Crippen molar-refractivity contribution in [2.75, 3.05) is 0 Å². The van der Waals surface area contributed by atoms with E-state index in [1.54, 1.807) is 19.9 Å². The second kappa shape index (κ2) is 7.02. The summed E-state index contributed by atoms with van der Waals surface area (Å²) in [5, 5.41) is 34.2. The number of aliphatic hydroxyl groups is 3. The van der Waals surface area contributed by atoms with Crippen LogP contribution in [-0.4, -0.2) is 62.7 Å². The maximum Gasteiger partial charge on any atom is 0.334 e. The first kappa shape index (κ1) is 22.9. The number of fused-ring (bicyclic) bond motifs is 4. The summed E-state index contributed by atoms with van der Waals surface area (Å²) in [6.45, 7) is 7.50. The summed E-state index contributed by atoms with van der Waals surface area (Å²) in [4.78, 5) is 25.4. The molecule has 7 heteroatoms. The molecule has 12 atom stereocenters. The Labute approximate surface area is 200 Å². The Hall–Kier alpha value is -1.54. The van der Waals surface area contributed by atoms with E-state index < -0.39 is 40.8 Å². The first-order valence-electron chi connectivity index (χ1n) is 12.8. The van der Waals surface area contributed by atoms with Crippen LogP contribution in [0.25, 0.3) is 0 Å². The molecule has 7 nitrogen and oxygen atoms in total. The highest BCUT2D eigenvalue weighted by Gasteiger charge is 2.76. The summed E-state index contributed by atoms with van der Waals surface area (Å²) in [7, 11) is 0. The summed E-state index contributed by atoms with van der Waals surface area (Å²) in [6, 6.07) is 0. The highest BCUT2D eigenvalue weighted by Crippen LogP contribution is 2.69. The highest BCUT2D eigenvalue weighted by molar-refractivity contribution is 5.95. The monoisotopic (exact) mass is 472 g/mol. The Balaban J connectivity index is 1.32. The van der Waals surface area contributed by atoms with Crippen LogP contribution in [0.2, 0.25) is 0 Å². The van der Waals surface area contributed by atoms with E-state index in [0.29, 0.717) is 18.4 Å². The number of ether oxygens (including phenoxy) is 2. The maximum absolute atomic E-state index is 13.0. The minimum atomic E-state index is -1.29. The molecule has 0 aromatic rings. The number of cyclic esters (lactones) is 1. The van der Waals surface area contributed by atoms with Gasteiger partial charge in [0.2, 0.25) is 0 Å². The number of carbonyl (C=O) groups is 2. The van der Waals surface area contributed by atoms with Gasteiger partial charge >= 0.3 is 5.97 Å². The van der Waals surface area contributed by atoms with E-state index in [-0.39, 0.29) is 41.5 Å². The van der Waals surface area contributed by atoms with Crippen LogP contribution in [0.1, 0.15) is 59.8 Å². The second-order valence-electron chi connectivity index (χ2n) is 12.3. The Morgan fingerprint density at radius 2 is 1.85 bits per heavy atom. The molecule has 0 aromatic carbocycles. The van der Waals surface area contributed by atoms with Gasteiger partial charge in [0.1, 0.15) is 23.4 Å². The summed E-state index contributed by atoms with van der Waals surface area (Å²) in [6.07, 6.45) is 4.00. The minimum Gasteiger partial charge on any atom is -0.456 e. The Morgan fingerprint density at radius 1 is 1.12 bits per heavy atom. The van der Waals surface area contributed by atoms with Crippen molar-refractivity contribution in [1.29, 1.82) is 0 Å². The van der Waals surface area contributed by atoms with Crippen LogP contribution in [0.3, 0.4) is 0 Å². The normalized spacial score (nSPS) is 53.3. The molecule has 0 bridgehead atoms. The standard InChI is InChI=1S/C27H36O7/c1-12-9-21(33-24(31)13(12)2)26(4,32)18-7-5-16-14-11-22-27(34-22)19(29)8-6-17(28)23(27)15(14)10-20(30)25(16,18)3/h6,8,14-16,18-23,29-30,32H,5,7,9-11H2,1-4H3/t14-,15+,16+,18+,19+,20-,21-,22-,23+,25+,26+,27-/m1/s1. The van der Waals surface area contributed by atoms with Gasteiger partial charge in [-0.15, -0.1) is 0 Å². The quantitative estimate of drug-likeness (QED) is 0.416. The fourth-order valence-corrected chi connectivity index (χ4v) is 9.04. The summed E-state index contributed by atoms with van der Waals surface area (Å²) >= 11 is 0. The smallest absolute Gasteiger partial charge is 0.334 e. The molecule has 0 radical (unpaired) electrons. The molecule has 2 heterocycles. The molecule has 3 saturated carbocycles. The molecule has 0 aromatic heterocycles. The molecular weight excluding hydrogens is 436 g/mol. The molecule has 0 unspecified atom stereocenters. The van der Waals surface area contributed by atoms with Crippen molar-refractivity contribution >= 4 is 11.8 Å². The van der Waals surface area contributed by atoms with E-state index in [9.17, 15) is 24.9 Å². The van der Waals surface area contributed by atoms with Crippen LogP contribution >= 0.6 is 0 Å². The SMILES string of the molecule is CC1=C(C)C(=O)O[C@@H]([C@@](C)(O)[C@H]2CC[C@H]3[C@@H]4C[C@H]5O[C@@]56[C@H](C(=O)C=C[C@@H]6O)[C@H]4C[C@@H](O)[C@]23C)C1. The number of hydrogen-bond donors (Lipinski definition) is 3. The van der Waals surface area contributed by atoms with Crippen molar-refractivity contribution in [3.63, 3.8) is 0 Å². The second-order valence-corrected chi connectivity index (χ2v) is 12.3. The predicted molar refractivity (Wildman–Crippen MR) is 121 cm³/mol. The van der Waals surface area contributed by atoms with Gasteiger partial charge in [-0.1, -0.05) is 12.5 Å². The first-order valence-corrected chi connectivity index (χ1v) is 12.8. The maximum atomic E-state index is 13.0. The van der Waals surface area contributed by atoms with Crippen molar-refractivity contribution in [2.24, 2.45) is 35.0 Å².